The summed E-state index contributed by atoms with van der Waals surface area (Å²) in [5.74, 6) is 0.423. The molecule has 132 valence electrons. The zero-order chi connectivity index (χ0) is 16.7. The predicted molar refractivity (Wildman–Crippen MR) is 99.4 cm³/mol. The first kappa shape index (κ1) is 21.7. The van der Waals surface area contributed by atoms with Crippen LogP contribution >= 0.6 is 0 Å². The topological polar surface area (TPSA) is 17.1 Å². The fourth-order valence-electron chi connectivity index (χ4n) is 2.86. The van der Waals surface area contributed by atoms with Crippen LogP contribution in [0.2, 0.25) is 0 Å². The molecule has 0 aromatic rings. The van der Waals surface area contributed by atoms with Gasteiger partial charge >= 0.3 is 0 Å². The van der Waals surface area contributed by atoms with Crippen LogP contribution in [0.4, 0.5) is 0 Å². The SMILES string of the molecule is CCCCCCCCCCCCCCCCC(=O)C(C)(C)C. The Bertz CT molecular complexity index is 249. The highest BCUT2D eigenvalue weighted by molar-refractivity contribution is 5.83. The van der Waals surface area contributed by atoms with Gasteiger partial charge in [-0.25, -0.2) is 0 Å². The third-order valence-electron chi connectivity index (χ3n) is 4.59. The van der Waals surface area contributed by atoms with E-state index in [9.17, 15) is 4.79 Å². The minimum Gasteiger partial charge on any atom is -0.299 e. The maximum absolute atomic E-state index is 11.8. The molecule has 0 spiro atoms. The van der Waals surface area contributed by atoms with Crippen LogP contribution < -0.4 is 0 Å². The average molecular weight is 311 g/mol. The average Bonchev–Trinajstić information content (AvgIpc) is 2.46. The Morgan fingerprint density at radius 3 is 1.23 bits per heavy atom. The summed E-state index contributed by atoms with van der Waals surface area (Å²) in [6.45, 7) is 8.36. The first-order valence-electron chi connectivity index (χ1n) is 10.0. The van der Waals surface area contributed by atoms with Crippen LogP contribution in [0.3, 0.4) is 0 Å². The minimum absolute atomic E-state index is 0.142. The first-order valence-corrected chi connectivity index (χ1v) is 10.0. The highest BCUT2D eigenvalue weighted by Gasteiger charge is 2.19. The number of hydrogen-bond acceptors (Lipinski definition) is 1. The van der Waals surface area contributed by atoms with Gasteiger partial charge in [0.2, 0.25) is 0 Å². The van der Waals surface area contributed by atoms with Gasteiger partial charge in [-0.1, -0.05) is 111 Å². The summed E-state index contributed by atoms with van der Waals surface area (Å²) in [4.78, 5) is 11.8. The summed E-state index contributed by atoms with van der Waals surface area (Å²) in [6.07, 6.45) is 20.0. The third-order valence-corrected chi connectivity index (χ3v) is 4.59. The summed E-state index contributed by atoms with van der Waals surface area (Å²) in [5, 5.41) is 0. The van der Waals surface area contributed by atoms with Crippen LogP contribution in [0.15, 0.2) is 0 Å². The van der Waals surface area contributed by atoms with Crippen molar-refractivity contribution < 1.29 is 4.79 Å². The summed E-state index contributed by atoms with van der Waals surface area (Å²) in [7, 11) is 0. The van der Waals surface area contributed by atoms with E-state index in [1.807, 2.05) is 20.8 Å². The monoisotopic (exact) mass is 310 g/mol. The van der Waals surface area contributed by atoms with Crippen LogP contribution in [0.5, 0.6) is 0 Å². The second-order valence-corrected chi connectivity index (χ2v) is 8.02. The molecule has 0 aromatic heterocycles. The van der Waals surface area contributed by atoms with E-state index in [0.29, 0.717) is 5.78 Å². The van der Waals surface area contributed by atoms with Crippen molar-refractivity contribution in [1.82, 2.24) is 0 Å². The molecular weight excluding hydrogens is 268 g/mol. The van der Waals surface area contributed by atoms with E-state index in [4.69, 9.17) is 0 Å². The van der Waals surface area contributed by atoms with Crippen LogP contribution in [0, 0.1) is 5.41 Å². The molecule has 0 rings (SSSR count). The zero-order valence-corrected chi connectivity index (χ0v) is 16.0. The smallest absolute Gasteiger partial charge is 0.138 e. The number of unbranched alkanes of at least 4 members (excludes halogenated alkanes) is 13. The lowest BCUT2D eigenvalue weighted by Crippen LogP contribution is -2.19. The first-order chi connectivity index (χ1) is 10.5. The molecule has 0 aliphatic rings. The van der Waals surface area contributed by atoms with Crippen LogP contribution in [-0.4, -0.2) is 5.78 Å². The zero-order valence-electron chi connectivity index (χ0n) is 16.0. The fourth-order valence-corrected chi connectivity index (χ4v) is 2.86. The number of carbonyl (C=O) groups excluding carboxylic acids is 1. The second kappa shape index (κ2) is 14.3. The van der Waals surface area contributed by atoms with Crippen molar-refractivity contribution in [2.24, 2.45) is 5.41 Å². The molecule has 0 aliphatic carbocycles. The number of rotatable bonds is 15. The molecule has 0 saturated carbocycles. The van der Waals surface area contributed by atoms with Crippen molar-refractivity contribution in [2.75, 3.05) is 0 Å². The van der Waals surface area contributed by atoms with Gasteiger partial charge in [0.05, 0.1) is 0 Å². The largest absolute Gasteiger partial charge is 0.299 e. The van der Waals surface area contributed by atoms with Crippen LogP contribution in [0.1, 0.15) is 124 Å². The van der Waals surface area contributed by atoms with E-state index in [-0.39, 0.29) is 5.41 Å². The molecule has 0 radical (unpaired) electrons. The number of Topliss-reactive ketones (excluding diaryl/α,β-unsaturated/α-hetero) is 1. The van der Waals surface area contributed by atoms with Crippen LogP contribution in [0.25, 0.3) is 0 Å². The van der Waals surface area contributed by atoms with Gasteiger partial charge < -0.3 is 0 Å². The Balaban J connectivity index is 3.13. The Morgan fingerprint density at radius 1 is 0.591 bits per heavy atom. The summed E-state index contributed by atoms with van der Waals surface area (Å²) >= 11 is 0. The lowest BCUT2D eigenvalue weighted by molar-refractivity contribution is -0.126. The molecule has 22 heavy (non-hydrogen) atoms. The molecule has 0 heterocycles. The molecule has 0 N–H and O–H groups in total. The minimum atomic E-state index is -0.142. The van der Waals surface area contributed by atoms with E-state index >= 15 is 0 Å². The van der Waals surface area contributed by atoms with Crippen molar-refractivity contribution in [3.63, 3.8) is 0 Å². The van der Waals surface area contributed by atoms with Crippen molar-refractivity contribution >= 4 is 5.78 Å². The van der Waals surface area contributed by atoms with Gasteiger partial charge in [-0.3, -0.25) is 4.79 Å². The Hall–Kier alpha value is -0.330. The van der Waals surface area contributed by atoms with E-state index in [1.54, 1.807) is 0 Å². The molecule has 1 nitrogen and oxygen atoms in total. The lowest BCUT2D eigenvalue weighted by Gasteiger charge is -2.16. The molecule has 0 atom stereocenters. The Labute approximate surface area is 140 Å². The normalized spacial score (nSPS) is 11.8. The summed E-state index contributed by atoms with van der Waals surface area (Å²) < 4.78 is 0. The number of carbonyl (C=O) groups is 1. The van der Waals surface area contributed by atoms with Crippen molar-refractivity contribution in [1.29, 1.82) is 0 Å². The molecule has 0 bridgehead atoms. The number of ketones is 1. The maximum Gasteiger partial charge on any atom is 0.138 e. The van der Waals surface area contributed by atoms with E-state index in [1.165, 1.54) is 83.5 Å². The number of hydrogen-bond donors (Lipinski definition) is 0. The Morgan fingerprint density at radius 2 is 0.909 bits per heavy atom. The standard InChI is InChI=1S/C21H42O/c1-5-6-7-8-9-10-11-12-13-14-15-16-17-18-19-20(22)21(2,3)4/h5-19H2,1-4H3. The third kappa shape index (κ3) is 14.6. The molecule has 0 fully saturated rings. The quantitative estimate of drug-likeness (QED) is 0.287. The molecule has 1 heteroatoms. The fraction of sp³-hybridized carbons (Fsp3) is 0.952. The molecule has 0 saturated heterocycles. The van der Waals surface area contributed by atoms with Gasteiger partial charge in [-0.05, 0) is 6.42 Å². The highest BCUT2D eigenvalue weighted by atomic mass is 16.1. The van der Waals surface area contributed by atoms with E-state index in [0.717, 1.165) is 12.8 Å². The van der Waals surface area contributed by atoms with E-state index < -0.39 is 0 Å². The van der Waals surface area contributed by atoms with Crippen LogP contribution in [-0.2, 0) is 4.79 Å². The molecular formula is C21H42O. The van der Waals surface area contributed by atoms with Gasteiger partial charge in [0, 0.05) is 11.8 Å². The highest BCUT2D eigenvalue weighted by Crippen LogP contribution is 2.19. The Kier molecular flexibility index (Phi) is 14.1. The second-order valence-electron chi connectivity index (χ2n) is 8.02. The van der Waals surface area contributed by atoms with Crippen molar-refractivity contribution in [2.45, 2.75) is 124 Å². The van der Waals surface area contributed by atoms with Gasteiger partial charge in [0.1, 0.15) is 5.78 Å². The molecule has 0 unspecified atom stereocenters. The molecule has 0 aliphatic heterocycles. The van der Waals surface area contributed by atoms with E-state index in [2.05, 4.69) is 6.92 Å². The van der Waals surface area contributed by atoms with Crippen molar-refractivity contribution in [3.05, 3.63) is 0 Å². The van der Waals surface area contributed by atoms with Gasteiger partial charge in [-0.2, -0.15) is 0 Å². The lowest BCUT2D eigenvalue weighted by atomic mass is 9.88. The molecule has 0 aromatic carbocycles. The van der Waals surface area contributed by atoms with Gasteiger partial charge in [0.15, 0.2) is 0 Å². The predicted octanol–water partition coefficient (Wildman–Crippen LogP) is 7.47. The van der Waals surface area contributed by atoms with Crippen molar-refractivity contribution in [3.8, 4) is 0 Å². The summed E-state index contributed by atoms with van der Waals surface area (Å²) in [6, 6.07) is 0. The van der Waals surface area contributed by atoms with Gasteiger partial charge in [-0.15, -0.1) is 0 Å². The maximum atomic E-state index is 11.8. The molecule has 0 amide bonds. The van der Waals surface area contributed by atoms with Gasteiger partial charge in [0.25, 0.3) is 0 Å². The summed E-state index contributed by atoms with van der Waals surface area (Å²) in [5.41, 5.74) is -0.142.